The summed E-state index contributed by atoms with van der Waals surface area (Å²) in [7, 11) is 1.39. The highest BCUT2D eigenvalue weighted by Gasteiger charge is 2.52. The Morgan fingerprint density at radius 2 is 1.98 bits per heavy atom. The molecule has 11 nitrogen and oxygen atoms in total. The molecule has 4 aliphatic rings. The van der Waals surface area contributed by atoms with Gasteiger partial charge in [-0.3, -0.25) is 14.5 Å². The number of methoxy groups -OCH3 is 1. The molecule has 3 N–H and O–H groups in total. The summed E-state index contributed by atoms with van der Waals surface area (Å²) in [6.45, 7) is 3.47. The molecule has 4 atom stereocenters. The van der Waals surface area contributed by atoms with Crippen molar-refractivity contribution >= 4 is 35.3 Å². The number of benzene rings is 2. The summed E-state index contributed by atoms with van der Waals surface area (Å²) < 4.78 is 10.9. The number of aryl methyl sites for hydroxylation is 1. The van der Waals surface area contributed by atoms with Crippen LogP contribution >= 0.6 is 11.8 Å². The Labute approximate surface area is 260 Å². The van der Waals surface area contributed by atoms with Crippen LogP contribution in [0.15, 0.2) is 71.0 Å². The minimum absolute atomic E-state index is 0.0598. The number of piperidine rings is 2. The van der Waals surface area contributed by atoms with E-state index in [4.69, 9.17) is 9.47 Å². The first-order valence-electron chi connectivity index (χ1n) is 14.7. The molecule has 0 radical (unpaired) electrons. The monoisotopic (exact) mass is 614 g/mol. The molecule has 2 aromatic rings. The molecule has 2 aromatic carbocycles. The normalized spacial score (nSPS) is 24.7. The number of hydrogen-bond donors (Lipinski definition) is 3. The molecule has 4 heterocycles. The molecule has 0 spiro atoms. The average molecular weight is 615 g/mol. The van der Waals surface area contributed by atoms with Crippen LogP contribution in [0.25, 0.3) is 0 Å². The summed E-state index contributed by atoms with van der Waals surface area (Å²) in [6, 6.07) is 16.5. The highest BCUT2D eigenvalue weighted by Crippen LogP contribution is 2.48. The zero-order valence-electron chi connectivity index (χ0n) is 24.5. The number of nitriles is 1. The lowest BCUT2D eigenvalue weighted by Crippen LogP contribution is -2.62. The molecule has 4 amide bonds. The lowest BCUT2D eigenvalue weighted by Gasteiger charge is -2.46. The van der Waals surface area contributed by atoms with Gasteiger partial charge in [0, 0.05) is 36.4 Å². The number of amides is 4. The van der Waals surface area contributed by atoms with E-state index in [1.165, 1.54) is 18.9 Å². The summed E-state index contributed by atoms with van der Waals surface area (Å²) in [5, 5.41) is 18.9. The van der Waals surface area contributed by atoms with Gasteiger partial charge in [-0.1, -0.05) is 30.0 Å². The second-order valence-corrected chi connectivity index (χ2v) is 12.4. The van der Waals surface area contributed by atoms with Crippen LogP contribution in [0.3, 0.4) is 0 Å². The van der Waals surface area contributed by atoms with Crippen molar-refractivity contribution in [2.24, 2.45) is 5.92 Å². The number of carbonyl (C=O) groups excluding carboxylic acids is 3. The minimum atomic E-state index is -0.418. The lowest BCUT2D eigenvalue weighted by atomic mass is 9.86. The Hall–Kier alpha value is -4.47. The van der Waals surface area contributed by atoms with Crippen LogP contribution in [-0.4, -0.2) is 66.9 Å². The lowest BCUT2D eigenvalue weighted by molar-refractivity contribution is -0.129. The van der Waals surface area contributed by atoms with Gasteiger partial charge >= 0.3 is 6.03 Å². The first kappa shape index (κ1) is 29.6. The van der Waals surface area contributed by atoms with E-state index in [-0.39, 0.29) is 47.4 Å². The zero-order valence-corrected chi connectivity index (χ0v) is 25.4. The number of urea groups is 1. The van der Waals surface area contributed by atoms with E-state index in [2.05, 4.69) is 16.0 Å². The Morgan fingerprint density at radius 1 is 1.16 bits per heavy atom. The van der Waals surface area contributed by atoms with Crippen molar-refractivity contribution in [3.05, 3.63) is 76.5 Å². The molecule has 3 saturated heterocycles. The van der Waals surface area contributed by atoms with Crippen LogP contribution < -0.4 is 25.6 Å². The van der Waals surface area contributed by atoms with Gasteiger partial charge < -0.3 is 30.3 Å². The first-order valence-corrected chi connectivity index (χ1v) is 15.6. The quantitative estimate of drug-likeness (QED) is 0.244. The molecule has 0 saturated carbocycles. The number of hydrogen-bond acceptors (Lipinski definition) is 8. The molecule has 12 heteroatoms. The summed E-state index contributed by atoms with van der Waals surface area (Å²) in [5.41, 5.74) is 2.29. The summed E-state index contributed by atoms with van der Waals surface area (Å²) in [6.07, 6.45) is 3.28. The maximum atomic E-state index is 13.7. The highest BCUT2D eigenvalue weighted by molar-refractivity contribution is 8.04. The van der Waals surface area contributed by atoms with Crippen LogP contribution in [0.1, 0.15) is 24.8 Å². The van der Waals surface area contributed by atoms with Gasteiger partial charge in [0.2, 0.25) is 0 Å². The maximum absolute atomic E-state index is 13.7. The number of anilines is 1. The number of rotatable bonds is 7. The van der Waals surface area contributed by atoms with Gasteiger partial charge in [0.1, 0.15) is 23.8 Å². The van der Waals surface area contributed by atoms with Gasteiger partial charge in [-0.2, -0.15) is 5.26 Å². The fourth-order valence-corrected chi connectivity index (χ4v) is 7.83. The molecule has 3 fully saturated rings. The molecule has 0 aromatic heterocycles. The van der Waals surface area contributed by atoms with Crippen molar-refractivity contribution in [2.45, 2.75) is 43.6 Å². The SMILES string of the molecule is CO/C=C(\C#N)C(=O)N1CCC[C@@H](NC(=O)C2=C3NC(=O)N(c4ccc(Oc5ccccc5)cc4C)C4CCNC(S2)C34)C1. The molecule has 4 aliphatic heterocycles. The van der Waals surface area contributed by atoms with E-state index in [1.807, 2.05) is 66.4 Å². The molecule has 0 bridgehead atoms. The van der Waals surface area contributed by atoms with Crippen molar-refractivity contribution < 1.29 is 23.9 Å². The second kappa shape index (κ2) is 12.6. The minimum Gasteiger partial charge on any atom is -0.503 e. The molecule has 3 unspecified atom stereocenters. The fraction of sp³-hybridized carbons (Fsp3) is 0.375. The predicted molar refractivity (Wildman–Crippen MR) is 165 cm³/mol. The van der Waals surface area contributed by atoms with Crippen LogP contribution in [0.2, 0.25) is 0 Å². The summed E-state index contributed by atoms with van der Waals surface area (Å²) in [5.74, 6) is 0.657. The third-order valence-corrected chi connectivity index (χ3v) is 9.74. The topological polar surface area (TPSA) is 136 Å². The number of thioether (sulfide) groups is 1. The van der Waals surface area contributed by atoms with Gasteiger partial charge in [0.05, 0.1) is 23.4 Å². The van der Waals surface area contributed by atoms with Gasteiger partial charge in [-0.15, -0.1) is 0 Å². The maximum Gasteiger partial charge on any atom is 0.326 e. The Kier molecular flexibility index (Phi) is 8.50. The van der Waals surface area contributed by atoms with Crippen LogP contribution in [0.4, 0.5) is 10.5 Å². The average Bonchev–Trinajstić information content (AvgIpc) is 3.40. The molecule has 44 heavy (non-hydrogen) atoms. The summed E-state index contributed by atoms with van der Waals surface area (Å²) >= 11 is 1.44. The van der Waals surface area contributed by atoms with Crippen molar-refractivity contribution in [1.82, 2.24) is 20.9 Å². The van der Waals surface area contributed by atoms with E-state index in [0.29, 0.717) is 35.7 Å². The predicted octanol–water partition coefficient (Wildman–Crippen LogP) is 3.74. The zero-order chi connectivity index (χ0) is 30.8. The number of nitrogens with zero attached hydrogens (tertiary/aromatic N) is 3. The second-order valence-electron chi connectivity index (χ2n) is 11.2. The standard InChI is InChI=1S/C32H34N6O5S/c1-19-15-23(43-22-8-4-3-5-9-22)10-11-24(19)38-25-12-13-34-30-26(25)27(36-32(38)41)28(44-30)29(39)35-21-7-6-14-37(17-21)31(40)20(16-33)18-42-2/h3-5,8-11,15,18,21,25-26,30,34H,6-7,12-14,17H2,1-2H3,(H,35,39)(H,36,41)/b20-18+/t21-,25?,26?,30?/m1/s1. The summed E-state index contributed by atoms with van der Waals surface area (Å²) in [4.78, 5) is 44.0. The molecule has 228 valence electrons. The van der Waals surface area contributed by atoms with E-state index in [1.54, 1.807) is 4.90 Å². The Balaban J connectivity index is 1.19. The number of para-hydroxylation sites is 1. The van der Waals surface area contributed by atoms with E-state index in [0.717, 1.165) is 36.2 Å². The van der Waals surface area contributed by atoms with Gasteiger partial charge in [-0.25, -0.2) is 4.79 Å². The molecular formula is C32H34N6O5S. The van der Waals surface area contributed by atoms with Crippen molar-refractivity contribution in [3.8, 4) is 17.6 Å². The van der Waals surface area contributed by atoms with Gasteiger partial charge in [-0.05, 0) is 68.6 Å². The van der Waals surface area contributed by atoms with E-state index >= 15 is 0 Å². The number of carbonyl (C=O) groups is 3. The van der Waals surface area contributed by atoms with Crippen molar-refractivity contribution in [3.63, 3.8) is 0 Å². The molecular weight excluding hydrogens is 580 g/mol. The van der Waals surface area contributed by atoms with Crippen LogP contribution in [0.5, 0.6) is 11.5 Å². The largest absolute Gasteiger partial charge is 0.503 e. The van der Waals surface area contributed by atoms with Gasteiger partial charge in [0.25, 0.3) is 11.8 Å². The fourth-order valence-electron chi connectivity index (χ4n) is 6.43. The van der Waals surface area contributed by atoms with E-state index < -0.39 is 5.91 Å². The first-order chi connectivity index (χ1) is 21.4. The molecule has 6 rings (SSSR count). The van der Waals surface area contributed by atoms with Gasteiger partial charge in [0.15, 0.2) is 5.57 Å². The third kappa shape index (κ3) is 5.73. The number of likely N-dealkylation sites (tertiary alicyclic amines) is 1. The van der Waals surface area contributed by atoms with Crippen LogP contribution in [-0.2, 0) is 14.3 Å². The third-order valence-electron chi connectivity index (χ3n) is 8.38. The van der Waals surface area contributed by atoms with E-state index in [9.17, 15) is 19.6 Å². The Bertz CT molecular complexity index is 1570. The number of nitrogens with one attached hydrogen (secondary N) is 3. The Morgan fingerprint density at radius 3 is 2.73 bits per heavy atom. The smallest absolute Gasteiger partial charge is 0.326 e. The molecule has 0 aliphatic carbocycles. The van der Waals surface area contributed by atoms with Crippen LogP contribution in [0, 0.1) is 24.2 Å². The van der Waals surface area contributed by atoms with Crippen molar-refractivity contribution in [2.75, 3.05) is 31.6 Å². The van der Waals surface area contributed by atoms with Crippen molar-refractivity contribution in [1.29, 1.82) is 5.26 Å². The number of ether oxygens (including phenoxy) is 2. The highest BCUT2D eigenvalue weighted by atomic mass is 32.2.